The number of hydrogen-bond acceptors (Lipinski definition) is 5. The van der Waals surface area contributed by atoms with Crippen LogP contribution in [0, 0.1) is 5.92 Å². The SMILES string of the molecule is CCCNc1ncc(Cl)c(NC2(CO)CCCC(C)C2)n1. The molecule has 0 aromatic carbocycles. The molecule has 5 nitrogen and oxygen atoms in total. The Balaban J connectivity index is 2.16. The van der Waals surface area contributed by atoms with Gasteiger partial charge in [-0.15, -0.1) is 0 Å². The molecule has 0 aliphatic heterocycles. The van der Waals surface area contributed by atoms with Crippen LogP contribution in [0.25, 0.3) is 0 Å². The van der Waals surface area contributed by atoms with Crippen molar-refractivity contribution >= 4 is 23.4 Å². The van der Waals surface area contributed by atoms with Gasteiger partial charge in [0.15, 0.2) is 5.82 Å². The van der Waals surface area contributed by atoms with Crippen LogP contribution in [0.1, 0.15) is 46.0 Å². The van der Waals surface area contributed by atoms with Crippen molar-refractivity contribution in [1.29, 1.82) is 0 Å². The third-order valence-corrected chi connectivity index (χ3v) is 4.33. The van der Waals surface area contributed by atoms with E-state index in [2.05, 4.69) is 34.4 Å². The lowest BCUT2D eigenvalue weighted by atomic mass is 9.77. The molecule has 0 saturated heterocycles. The lowest BCUT2D eigenvalue weighted by molar-refractivity contribution is 0.149. The molecule has 3 N–H and O–H groups in total. The summed E-state index contributed by atoms with van der Waals surface area (Å²) in [6.45, 7) is 5.23. The highest BCUT2D eigenvalue weighted by Crippen LogP contribution is 2.35. The summed E-state index contributed by atoms with van der Waals surface area (Å²) in [6, 6.07) is 0. The van der Waals surface area contributed by atoms with Gasteiger partial charge in [-0.3, -0.25) is 0 Å². The molecular weight excluding hydrogens is 288 g/mol. The summed E-state index contributed by atoms with van der Waals surface area (Å²) in [4.78, 5) is 8.62. The molecule has 1 heterocycles. The van der Waals surface area contributed by atoms with Crippen LogP contribution in [-0.2, 0) is 0 Å². The minimum absolute atomic E-state index is 0.0927. The first kappa shape index (κ1) is 16.3. The number of nitrogens with zero attached hydrogens (tertiary/aromatic N) is 2. The summed E-state index contributed by atoms with van der Waals surface area (Å²) in [6.07, 6.45) is 6.80. The fraction of sp³-hybridized carbons (Fsp3) is 0.733. The predicted octanol–water partition coefficient (Wildman–Crippen LogP) is 3.31. The number of aliphatic hydroxyl groups excluding tert-OH is 1. The number of halogens is 1. The average Bonchev–Trinajstić information content (AvgIpc) is 2.48. The molecule has 0 amide bonds. The van der Waals surface area contributed by atoms with Crippen molar-refractivity contribution < 1.29 is 5.11 Å². The van der Waals surface area contributed by atoms with Gasteiger partial charge < -0.3 is 15.7 Å². The zero-order valence-corrected chi connectivity index (χ0v) is 13.6. The van der Waals surface area contributed by atoms with E-state index in [1.807, 2.05) is 0 Å². The second-order valence-electron chi connectivity index (χ2n) is 6.08. The van der Waals surface area contributed by atoms with Crippen LogP contribution in [0.15, 0.2) is 6.20 Å². The minimum atomic E-state index is -0.322. The van der Waals surface area contributed by atoms with Crippen molar-refractivity contribution in [3.63, 3.8) is 0 Å². The average molecular weight is 313 g/mol. The molecule has 1 aromatic rings. The second-order valence-corrected chi connectivity index (χ2v) is 6.49. The highest BCUT2D eigenvalue weighted by Gasteiger charge is 2.35. The number of rotatable bonds is 6. The first-order valence-electron chi connectivity index (χ1n) is 7.74. The Morgan fingerprint density at radius 1 is 1.52 bits per heavy atom. The molecule has 1 aliphatic carbocycles. The van der Waals surface area contributed by atoms with E-state index in [-0.39, 0.29) is 12.1 Å². The topological polar surface area (TPSA) is 70.1 Å². The largest absolute Gasteiger partial charge is 0.394 e. The maximum atomic E-state index is 9.86. The molecule has 0 radical (unpaired) electrons. The van der Waals surface area contributed by atoms with E-state index >= 15 is 0 Å². The van der Waals surface area contributed by atoms with Crippen LogP contribution in [0.4, 0.5) is 11.8 Å². The highest BCUT2D eigenvalue weighted by atomic mass is 35.5. The summed E-state index contributed by atoms with van der Waals surface area (Å²) < 4.78 is 0. The molecule has 2 rings (SSSR count). The summed E-state index contributed by atoms with van der Waals surface area (Å²) in [5.41, 5.74) is -0.322. The molecule has 0 bridgehead atoms. The highest BCUT2D eigenvalue weighted by molar-refractivity contribution is 6.32. The third-order valence-electron chi connectivity index (χ3n) is 4.05. The molecule has 1 saturated carbocycles. The Hall–Kier alpha value is -1.07. The van der Waals surface area contributed by atoms with E-state index in [1.165, 1.54) is 6.42 Å². The van der Waals surface area contributed by atoms with Crippen molar-refractivity contribution in [1.82, 2.24) is 9.97 Å². The monoisotopic (exact) mass is 312 g/mol. The van der Waals surface area contributed by atoms with Crippen LogP contribution in [0.3, 0.4) is 0 Å². The van der Waals surface area contributed by atoms with Crippen molar-refractivity contribution in [2.75, 3.05) is 23.8 Å². The van der Waals surface area contributed by atoms with Gasteiger partial charge in [0, 0.05) is 6.54 Å². The minimum Gasteiger partial charge on any atom is -0.394 e. The predicted molar refractivity (Wildman–Crippen MR) is 86.9 cm³/mol. The number of aromatic nitrogens is 2. The first-order valence-corrected chi connectivity index (χ1v) is 8.12. The quantitative estimate of drug-likeness (QED) is 0.752. The van der Waals surface area contributed by atoms with Gasteiger partial charge in [0.25, 0.3) is 0 Å². The number of anilines is 2. The Labute approximate surface area is 131 Å². The first-order chi connectivity index (χ1) is 10.1. The molecule has 1 aromatic heterocycles. The second kappa shape index (κ2) is 7.27. The van der Waals surface area contributed by atoms with E-state index in [0.717, 1.165) is 32.2 Å². The van der Waals surface area contributed by atoms with Crippen LogP contribution in [-0.4, -0.2) is 33.8 Å². The molecule has 2 unspecified atom stereocenters. The van der Waals surface area contributed by atoms with E-state index in [0.29, 0.717) is 22.7 Å². The number of aliphatic hydroxyl groups is 1. The van der Waals surface area contributed by atoms with Crippen molar-refractivity contribution in [2.24, 2.45) is 5.92 Å². The van der Waals surface area contributed by atoms with E-state index in [4.69, 9.17) is 11.6 Å². The van der Waals surface area contributed by atoms with Gasteiger partial charge in [-0.05, 0) is 25.2 Å². The van der Waals surface area contributed by atoms with Crippen LogP contribution >= 0.6 is 11.6 Å². The smallest absolute Gasteiger partial charge is 0.224 e. The maximum absolute atomic E-state index is 9.86. The zero-order chi connectivity index (χ0) is 15.3. The van der Waals surface area contributed by atoms with E-state index in [1.54, 1.807) is 6.20 Å². The third kappa shape index (κ3) is 4.20. The van der Waals surface area contributed by atoms with E-state index in [9.17, 15) is 5.11 Å². The zero-order valence-electron chi connectivity index (χ0n) is 12.8. The molecule has 21 heavy (non-hydrogen) atoms. The summed E-state index contributed by atoms with van der Waals surface area (Å²) in [7, 11) is 0. The Kier molecular flexibility index (Phi) is 5.65. The normalized spacial score (nSPS) is 25.6. The van der Waals surface area contributed by atoms with Gasteiger partial charge in [0.05, 0.1) is 18.3 Å². The van der Waals surface area contributed by atoms with Crippen molar-refractivity contribution in [3.8, 4) is 0 Å². The Bertz CT molecular complexity index is 471. The molecule has 1 fully saturated rings. The fourth-order valence-corrected chi connectivity index (χ4v) is 3.12. The van der Waals surface area contributed by atoms with Crippen LogP contribution < -0.4 is 10.6 Å². The standard InChI is InChI=1S/C15H25ClN4O/c1-3-7-17-14-18-9-12(16)13(19-14)20-15(10-21)6-4-5-11(2)8-15/h9,11,21H,3-8,10H2,1-2H3,(H2,17,18,19,20). The van der Waals surface area contributed by atoms with Gasteiger partial charge in [0.1, 0.15) is 5.02 Å². The van der Waals surface area contributed by atoms with Gasteiger partial charge in [-0.1, -0.05) is 38.3 Å². The molecule has 6 heteroatoms. The summed E-state index contributed by atoms with van der Waals surface area (Å²) in [5.74, 6) is 1.77. The van der Waals surface area contributed by atoms with E-state index < -0.39 is 0 Å². The van der Waals surface area contributed by atoms with Gasteiger partial charge >= 0.3 is 0 Å². The van der Waals surface area contributed by atoms with Crippen molar-refractivity contribution in [3.05, 3.63) is 11.2 Å². The number of hydrogen-bond donors (Lipinski definition) is 3. The van der Waals surface area contributed by atoms with Gasteiger partial charge in [0.2, 0.25) is 5.95 Å². The Morgan fingerprint density at radius 3 is 3.00 bits per heavy atom. The molecule has 118 valence electrons. The molecule has 1 aliphatic rings. The summed E-state index contributed by atoms with van der Waals surface area (Å²) in [5, 5.41) is 16.9. The van der Waals surface area contributed by atoms with Crippen molar-refractivity contribution in [2.45, 2.75) is 51.5 Å². The Morgan fingerprint density at radius 2 is 2.33 bits per heavy atom. The molecular formula is C15H25ClN4O. The van der Waals surface area contributed by atoms with Gasteiger partial charge in [-0.25, -0.2) is 4.98 Å². The lowest BCUT2D eigenvalue weighted by Gasteiger charge is -2.40. The molecule has 0 spiro atoms. The van der Waals surface area contributed by atoms with Crippen LogP contribution in [0.2, 0.25) is 5.02 Å². The number of nitrogens with one attached hydrogen (secondary N) is 2. The van der Waals surface area contributed by atoms with Crippen LogP contribution in [0.5, 0.6) is 0 Å². The van der Waals surface area contributed by atoms with Gasteiger partial charge in [-0.2, -0.15) is 4.98 Å². The summed E-state index contributed by atoms with van der Waals surface area (Å²) >= 11 is 6.21. The maximum Gasteiger partial charge on any atom is 0.224 e. The lowest BCUT2D eigenvalue weighted by Crippen LogP contribution is -2.46. The fourth-order valence-electron chi connectivity index (χ4n) is 2.98. The molecule has 2 atom stereocenters.